The van der Waals surface area contributed by atoms with E-state index >= 15 is 0 Å². The van der Waals surface area contributed by atoms with E-state index in [9.17, 15) is 18.0 Å². The largest absolute Gasteiger partial charge is 0.376 e. The highest BCUT2D eigenvalue weighted by Crippen LogP contribution is 2.42. The molecule has 7 atom stereocenters. The van der Waals surface area contributed by atoms with Crippen molar-refractivity contribution in [2.45, 2.75) is 49.5 Å². The summed E-state index contributed by atoms with van der Waals surface area (Å²) in [4.78, 5) is 19.0. The molecule has 11 nitrogen and oxygen atoms in total. The van der Waals surface area contributed by atoms with E-state index in [4.69, 9.17) is 40.1 Å². The molecule has 0 saturated carbocycles. The Balaban J connectivity index is 1.39. The van der Waals surface area contributed by atoms with E-state index in [0.717, 1.165) is 28.3 Å². The average molecular weight is 689 g/mol. The molecule has 2 aliphatic heterocycles. The Labute approximate surface area is 278 Å². The molecule has 3 aromatic carbocycles. The smallest absolute Gasteiger partial charge is 0.277 e. The third-order valence-electron chi connectivity index (χ3n) is 8.30. The standard InChI is InChI=1S/C33H32ClF3N4O7/c1-40(44-3)32(42)31(45-16-18-9-11-21(34)12-10-18)30-29(43-2)27(28-25(47-30)17-46-33(48-28)19-7-5-4-6-8-19)41-15-24(38-39-41)20-13-22(35)26(37)23(36)14-20/h4-15,25,27-31,33H,16-17H2,1-3H3/t25?,27-,28-,29?,30+,31-,33?/m0/s1. The summed E-state index contributed by atoms with van der Waals surface area (Å²) in [5.41, 5.74) is 1.51. The lowest BCUT2D eigenvalue weighted by molar-refractivity contribution is -0.327. The van der Waals surface area contributed by atoms with Crippen LogP contribution in [0.3, 0.4) is 0 Å². The molecule has 2 fully saturated rings. The van der Waals surface area contributed by atoms with Crippen LogP contribution in [0.5, 0.6) is 0 Å². The van der Waals surface area contributed by atoms with Gasteiger partial charge >= 0.3 is 0 Å². The Bertz CT molecular complexity index is 1690. The number of nitrogens with zero attached hydrogens (tertiary/aromatic N) is 4. The minimum absolute atomic E-state index is 0.0123. The molecule has 15 heteroatoms. The third kappa shape index (κ3) is 6.96. The van der Waals surface area contributed by atoms with Gasteiger partial charge in [-0.15, -0.1) is 5.10 Å². The lowest BCUT2D eigenvalue weighted by Gasteiger charge is -2.50. The molecular formula is C33H32ClF3N4O7. The van der Waals surface area contributed by atoms with E-state index in [-0.39, 0.29) is 24.5 Å². The second-order valence-electron chi connectivity index (χ2n) is 11.2. The molecule has 48 heavy (non-hydrogen) atoms. The van der Waals surface area contributed by atoms with E-state index in [2.05, 4.69) is 10.3 Å². The first-order valence-corrected chi connectivity index (χ1v) is 15.3. The summed E-state index contributed by atoms with van der Waals surface area (Å²) < 4.78 is 74.8. The van der Waals surface area contributed by atoms with Gasteiger partial charge in [-0.3, -0.25) is 9.63 Å². The van der Waals surface area contributed by atoms with Gasteiger partial charge in [-0.25, -0.2) is 22.9 Å². The van der Waals surface area contributed by atoms with Crippen LogP contribution in [0.25, 0.3) is 11.3 Å². The van der Waals surface area contributed by atoms with Gasteiger partial charge in [0.1, 0.15) is 36.2 Å². The Morgan fingerprint density at radius 1 is 1.06 bits per heavy atom. The molecule has 0 N–H and O–H groups in total. The number of amides is 1. The maximum atomic E-state index is 14.1. The lowest BCUT2D eigenvalue weighted by Crippen LogP contribution is -2.64. The summed E-state index contributed by atoms with van der Waals surface area (Å²) in [6, 6.07) is 17.0. The number of hydrogen-bond donors (Lipinski definition) is 0. The average Bonchev–Trinajstić information content (AvgIpc) is 3.60. The van der Waals surface area contributed by atoms with Gasteiger partial charge in [0.15, 0.2) is 29.8 Å². The molecule has 0 bridgehead atoms. The van der Waals surface area contributed by atoms with E-state index in [1.807, 2.05) is 30.3 Å². The zero-order chi connectivity index (χ0) is 33.9. The van der Waals surface area contributed by atoms with Gasteiger partial charge in [0.05, 0.1) is 26.5 Å². The molecule has 6 rings (SSSR count). The van der Waals surface area contributed by atoms with Crippen LogP contribution in [0, 0.1) is 17.5 Å². The first kappa shape index (κ1) is 34.0. The predicted molar refractivity (Wildman–Crippen MR) is 164 cm³/mol. The van der Waals surface area contributed by atoms with Crippen LogP contribution in [0.4, 0.5) is 13.2 Å². The Hall–Kier alpha value is -3.89. The number of rotatable bonds is 10. The van der Waals surface area contributed by atoms with Gasteiger partial charge < -0.3 is 23.7 Å². The molecule has 1 amide bonds. The molecule has 0 aliphatic carbocycles. The lowest BCUT2D eigenvalue weighted by atomic mass is 9.88. The highest BCUT2D eigenvalue weighted by Gasteiger charge is 2.55. The first-order valence-electron chi connectivity index (χ1n) is 14.9. The highest BCUT2D eigenvalue weighted by atomic mass is 35.5. The van der Waals surface area contributed by atoms with Crippen molar-refractivity contribution in [3.8, 4) is 11.3 Å². The predicted octanol–water partition coefficient (Wildman–Crippen LogP) is 5.06. The zero-order valence-corrected chi connectivity index (χ0v) is 26.8. The van der Waals surface area contributed by atoms with Crippen LogP contribution < -0.4 is 0 Å². The fourth-order valence-electron chi connectivity index (χ4n) is 5.83. The van der Waals surface area contributed by atoms with Crippen LogP contribution in [0.15, 0.2) is 72.9 Å². The van der Waals surface area contributed by atoms with E-state index in [1.54, 1.807) is 24.3 Å². The molecular weight excluding hydrogens is 657 g/mol. The van der Waals surface area contributed by atoms with E-state index in [0.29, 0.717) is 5.02 Å². The zero-order valence-electron chi connectivity index (χ0n) is 26.0. The minimum atomic E-state index is -1.60. The van der Waals surface area contributed by atoms with Crippen molar-refractivity contribution in [1.29, 1.82) is 0 Å². The van der Waals surface area contributed by atoms with Crippen molar-refractivity contribution < 1.29 is 46.5 Å². The minimum Gasteiger partial charge on any atom is -0.376 e. The van der Waals surface area contributed by atoms with Gasteiger partial charge in [-0.1, -0.05) is 59.3 Å². The van der Waals surface area contributed by atoms with Gasteiger partial charge in [0.25, 0.3) is 5.91 Å². The molecule has 3 unspecified atom stereocenters. The second kappa shape index (κ2) is 14.7. The number of methoxy groups -OCH3 is 1. The fraction of sp³-hybridized carbons (Fsp3) is 0.364. The SMILES string of the molecule is COC1[C@H]([C@H](OCc2ccc(Cl)cc2)C(=O)N(C)OC)OC2COC(c3ccccc3)O[C@@H]2[C@@H]1n1cc(-c2cc(F)c(F)c(F)c2)nn1. The summed E-state index contributed by atoms with van der Waals surface area (Å²) >= 11 is 6.05. The number of benzene rings is 3. The number of carbonyl (C=O) groups excluding carboxylic acids is 1. The second-order valence-corrected chi connectivity index (χ2v) is 11.7. The van der Waals surface area contributed by atoms with Crippen LogP contribution >= 0.6 is 11.6 Å². The summed E-state index contributed by atoms with van der Waals surface area (Å²) in [6.07, 6.45) is -4.21. The number of likely N-dealkylation sites (N-methyl/N-ethyl adjacent to an activating group) is 1. The molecule has 1 aromatic heterocycles. The Morgan fingerprint density at radius 2 is 1.77 bits per heavy atom. The number of halogens is 4. The molecule has 3 heterocycles. The molecule has 2 aliphatic rings. The van der Waals surface area contributed by atoms with Crippen molar-refractivity contribution in [3.63, 3.8) is 0 Å². The van der Waals surface area contributed by atoms with Gasteiger partial charge in [-0.2, -0.15) is 0 Å². The first-order chi connectivity index (χ1) is 23.2. The molecule has 0 radical (unpaired) electrons. The molecule has 254 valence electrons. The Morgan fingerprint density at radius 3 is 2.44 bits per heavy atom. The summed E-state index contributed by atoms with van der Waals surface area (Å²) in [5.74, 6) is -4.91. The number of hydroxylamine groups is 2. The number of aromatic nitrogens is 3. The maximum Gasteiger partial charge on any atom is 0.277 e. The quantitative estimate of drug-likeness (QED) is 0.167. The molecule has 4 aromatic rings. The Kier molecular flexibility index (Phi) is 10.4. The van der Waals surface area contributed by atoms with Gasteiger partial charge in [0, 0.05) is 30.3 Å². The topological polar surface area (TPSA) is 106 Å². The summed E-state index contributed by atoms with van der Waals surface area (Å²) in [6.45, 7) is 0.0697. The number of hydrogen-bond acceptors (Lipinski definition) is 9. The van der Waals surface area contributed by atoms with Crippen LogP contribution in [0.1, 0.15) is 23.5 Å². The molecule has 0 spiro atoms. The number of fused-ring (bicyclic) bond motifs is 1. The van der Waals surface area contributed by atoms with E-state index in [1.165, 1.54) is 32.1 Å². The van der Waals surface area contributed by atoms with Crippen molar-refractivity contribution in [2.24, 2.45) is 0 Å². The fourth-order valence-corrected chi connectivity index (χ4v) is 5.95. The van der Waals surface area contributed by atoms with Crippen LogP contribution in [0.2, 0.25) is 5.02 Å². The summed E-state index contributed by atoms with van der Waals surface area (Å²) in [7, 11) is 4.21. The third-order valence-corrected chi connectivity index (χ3v) is 8.55. The molecule has 2 saturated heterocycles. The maximum absolute atomic E-state index is 14.1. The van der Waals surface area contributed by atoms with Crippen LogP contribution in [-0.2, 0) is 39.9 Å². The monoisotopic (exact) mass is 688 g/mol. The van der Waals surface area contributed by atoms with Crippen LogP contribution in [-0.4, -0.2) is 84.4 Å². The highest BCUT2D eigenvalue weighted by molar-refractivity contribution is 6.30. The number of carbonyl (C=O) groups is 1. The van der Waals surface area contributed by atoms with Crippen molar-refractivity contribution in [1.82, 2.24) is 20.1 Å². The van der Waals surface area contributed by atoms with Gasteiger partial charge in [-0.05, 0) is 29.8 Å². The van der Waals surface area contributed by atoms with Crippen molar-refractivity contribution >= 4 is 17.5 Å². The normalized spacial score (nSPS) is 24.6. The van der Waals surface area contributed by atoms with E-state index < -0.39 is 66.2 Å². The number of ether oxygens (including phenoxy) is 5. The van der Waals surface area contributed by atoms with Crippen molar-refractivity contribution in [3.05, 3.63) is 107 Å². The summed E-state index contributed by atoms with van der Waals surface area (Å²) in [5, 5.41) is 9.96. The van der Waals surface area contributed by atoms with Gasteiger partial charge in [0.2, 0.25) is 0 Å². The van der Waals surface area contributed by atoms with Crippen molar-refractivity contribution in [2.75, 3.05) is 27.9 Å².